The topological polar surface area (TPSA) is 29.1 Å². The van der Waals surface area contributed by atoms with Crippen molar-refractivity contribution in [2.75, 3.05) is 0 Å². The number of carbonyl (C=O) groups is 1. The van der Waals surface area contributed by atoms with E-state index in [4.69, 9.17) is 0 Å². The Labute approximate surface area is 75.7 Å². The lowest BCUT2D eigenvalue weighted by atomic mass is 9.81. The summed E-state index contributed by atoms with van der Waals surface area (Å²) in [6, 6.07) is 0.238. The van der Waals surface area contributed by atoms with Crippen molar-refractivity contribution in [2.24, 2.45) is 11.3 Å². The Balaban J connectivity index is 4.12. The quantitative estimate of drug-likeness (QED) is 0.678. The van der Waals surface area contributed by atoms with Gasteiger partial charge in [0, 0.05) is 12.0 Å². The third-order valence-electron chi connectivity index (χ3n) is 2.12. The molecule has 0 saturated heterocycles. The second-order valence-electron chi connectivity index (χ2n) is 4.75. The van der Waals surface area contributed by atoms with Crippen LogP contribution >= 0.6 is 0 Å². The maximum Gasteiger partial charge on any atom is 0.223 e. The molecule has 0 rings (SSSR count). The summed E-state index contributed by atoms with van der Waals surface area (Å²) in [5, 5.41) is 2.91. The van der Waals surface area contributed by atoms with Gasteiger partial charge >= 0.3 is 0 Å². The van der Waals surface area contributed by atoms with E-state index in [0.717, 1.165) is 0 Å². The first kappa shape index (κ1) is 11.5. The fraction of sp³-hybridized carbons (Fsp3) is 0.900. The second kappa shape index (κ2) is 3.92. The van der Waals surface area contributed by atoms with Crippen molar-refractivity contribution in [3.63, 3.8) is 0 Å². The Morgan fingerprint density at radius 3 is 1.83 bits per heavy atom. The molecule has 0 aliphatic carbocycles. The highest BCUT2D eigenvalue weighted by atomic mass is 16.1. The van der Waals surface area contributed by atoms with Crippen LogP contribution in [0.4, 0.5) is 0 Å². The summed E-state index contributed by atoms with van der Waals surface area (Å²) >= 11 is 0. The van der Waals surface area contributed by atoms with E-state index in [-0.39, 0.29) is 23.3 Å². The Bertz CT molecular complexity index is 156. The standard InChI is InChI=1S/C10H21NO/c1-7(2)11-9(12)8(3)10(4,5)6/h7-8H,1-6H3,(H,11,12). The molecule has 0 heterocycles. The van der Waals surface area contributed by atoms with Crippen LogP contribution in [0.25, 0.3) is 0 Å². The molecule has 0 saturated carbocycles. The van der Waals surface area contributed by atoms with Crippen molar-refractivity contribution in [3.05, 3.63) is 0 Å². The Morgan fingerprint density at radius 1 is 1.17 bits per heavy atom. The van der Waals surface area contributed by atoms with Gasteiger partial charge in [0.25, 0.3) is 0 Å². The monoisotopic (exact) mass is 171 g/mol. The summed E-state index contributed by atoms with van der Waals surface area (Å²) in [7, 11) is 0. The molecular weight excluding hydrogens is 150 g/mol. The van der Waals surface area contributed by atoms with Crippen molar-refractivity contribution in [1.29, 1.82) is 0 Å². The summed E-state index contributed by atoms with van der Waals surface area (Å²) in [4.78, 5) is 11.5. The predicted octanol–water partition coefficient (Wildman–Crippen LogP) is 2.19. The molecule has 0 aliphatic heterocycles. The van der Waals surface area contributed by atoms with Crippen LogP contribution in [0, 0.1) is 11.3 Å². The summed E-state index contributed by atoms with van der Waals surface area (Å²) in [6.07, 6.45) is 0. The Kier molecular flexibility index (Phi) is 3.75. The number of rotatable bonds is 2. The molecule has 0 aromatic rings. The fourth-order valence-electron chi connectivity index (χ4n) is 0.803. The van der Waals surface area contributed by atoms with Crippen molar-refractivity contribution in [2.45, 2.75) is 47.6 Å². The molecule has 0 radical (unpaired) electrons. The summed E-state index contributed by atoms with van der Waals surface area (Å²) in [6.45, 7) is 12.2. The zero-order valence-electron chi connectivity index (χ0n) is 9.06. The van der Waals surface area contributed by atoms with Crippen molar-refractivity contribution in [1.82, 2.24) is 5.32 Å². The summed E-state index contributed by atoms with van der Waals surface area (Å²) < 4.78 is 0. The normalized spacial score (nSPS) is 14.6. The van der Waals surface area contributed by atoms with E-state index in [9.17, 15) is 4.79 Å². The average molecular weight is 171 g/mol. The third kappa shape index (κ3) is 3.74. The zero-order valence-corrected chi connectivity index (χ0v) is 9.06. The fourth-order valence-corrected chi connectivity index (χ4v) is 0.803. The van der Waals surface area contributed by atoms with Gasteiger partial charge in [-0.2, -0.15) is 0 Å². The molecule has 1 amide bonds. The molecule has 0 aromatic heterocycles. The van der Waals surface area contributed by atoms with Crippen LogP contribution in [0.3, 0.4) is 0 Å². The maximum absolute atomic E-state index is 11.5. The number of hydrogen-bond donors (Lipinski definition) is 1. The molecule has 72 valence electrons. The van der Waals surface area contributed by atoms with Crippen LogP contribution in [0.1, 0.15) is 41.5 Å². The number of carbonyl (C=O) groups excluding carboxylic acids is 1. The zero-order chi connectivity index (χ0) is 9.94. The van der Waals surface area contributed by atoms with Crippen molar-refractivity contribution in [3.8, 4) is 0 Å². The molecular formula is C10H21NO. The largest absolute Gasteiger partial charge is 0.354 e. The van der Waals surface area contributed by atoms with Gasteiger partial charge in [0.15, 0.2) is 0 Å². The highest BCUT2D eigenvalue weighted by Crippen LogP contribution is 2.25. The van der Waals surface area contributed by atoms with Gasteiger partial charge in [-0.1, -0.05) is 27.7 Å². The number of amides is 1. The van der Waals surface area contributed by atoms with Gasteiger partial charge in [0.05, 0.1) is 0 Å². The van der Waals surface area contributed by atoms with Gasteiger partial charge in [-0.3, -0.25) is 4.79 Å². The molecule has 0 bridgehead atoms. The van der Waals surface area contributed by atoms with E-state index < -0.39 is 0 Å². The summed E-state index contributed by atoms with van der Waals surface area (Å²) in [5.74, 6) is 0.220. The minimum atomic E-state index is 0.0545. The first-order valence-electron chi connectivity index (χ1n) is 4.55. The number of nitrogens with one attached hydrogen (secondary N) is 1. The van der Waals surface area contributed by atoms with Crippen molar-refractivity contribution < 1.29 is 4.79 Å². The van der Waals surface area contributed by atoms with E-state index in [2.05, 4.69) is 26.1 Å². The second-order valence-corrected chi connectivity index (χ2v) is 4.75. The van der Waals surface area contributed by atoms with Crippen LogP contribution < -0.4 is 5.32 Å². The first-order valence-corrected chi connectivity index (χ1v) is 4.55. The van der Waals surface area contributed by atoms with E-state index in [1.165, 1.54) is 0 Å². The smallest absolute Gasteiger partial charge is 0.223 e. The first-order chi connectivity index (χ1) is 5.25. The van der Waals surface area contributed by atoms with Crippen LogP contribution in [0.5, 0.6) is 0 Å². The van der Waals surface area contributed by atoms with Gasteiger partial charge in [-0.25, -0.2) is 0 Å². The molecule has 1 N–H and O–H groups in total. The highest BCUT2D eigenvalue weighted by molar-refractivity contribution is 5.79. The lowest BCUT2D eigenvalue weighted by Crippen LogP contribution is -2.39. The van der Waals surface area contributed by atoms with E-state index >= 15 is 0 Å². The Morgan fingerprint density at radius 2 is 1.58 bits per heavy atom. The highest BCUT2D eigenvalue weighted by Gasteiger charge is 2.26. The van der Waals surface area contributed by atoms with Crippen LogP contribution in [0.2, 0.25) is 0 Å². The van der Waals surface area contributed by atoms with Gasteiger partial charge in [0.1, 0.15) is 0 Å². The summed E-state index contributed by atoms with van der Waals surface area (Å²) in [5.41, 5.74) is 0.0545. The minimum absolute atomic E-state index is 0.0545. The van der Waals surface area contributed by atoms with Gasteiger partial charge < -0.3 is 5.32 Å². The molecule has 2 heteroatoms. The molecule has 12 heavy (non-hydrogen) atoms. The third-order valence-corrected chi connectivity index (χ3v) is 2.12. The molecule has 0 aromatic carbocycles. The SMILES string of the molecule is CC(C)NC(=O)C(C)C(C)(C)C. The molecule has 0 spiro atoms. The van der Waals surface area contributed by atoms with Crippen LogP contribution in [0.15, 0.2) is 0 Å². The Hall–Kier alpha value is -0.530. The molecule has 1 unspecified atom stereocenters. The van der Waals surface area contributed by atoms with Crippen LogP contribution in [-0.2, 0) is 4.79 Å². The van der Waals surface area contributed by atoms with Gasteiger partial charge in [0.2, 0.25) is 5.91 Å². The molecule has 0 fully saturated rings. The number of hydrogen-bond acceptors (Lipinski definition) is 1. The molecule has 1 atom stereocenters. The minimum Gasteiger partial charge on any atom is -0.354 e. The lowest BCUT2D eigenvalue weighted by molar-refractivity contribution is -0.128. The maximum atomic E-state index is 11.5. The molecule has 0 aliphatic rings. The van der Waals surface area contributed by atoms with Gasteiger partial charge in [-0.15, -0.1) is 0 Å². The van der Waals surface area contributed by atoms with E-state index in [1.54, 1.807) is 0 Å². The van der Waals surface area contributed by atoms with Crippen LogP contribution in [-0.4, -0.2) is 11.9 Å². The average Bonchev–Trinajstić information content (AvgIpc) is 1.82. The predicted molar refractivity (Wildman–Crippen MR) is 51.9 cm³/mol. The van der Waals surface area contributed by atoms with Crippen molar-refractivity contribution >= 4 is 5.91 Å². The van der Waals surface area contributed by atoms with E-state index in [0.29, 0.717) is 0 Å². The lowest BCUT2D eigenvalue weighted by Gasteiger charge is -2.26. The van der Waals surface area contributed by atoms with E-state index in [1.807, 2.05) is 20.8 Å². The van der Waals surface area contributed by atoms with Gasteiger partial charge in [-0.05, 0) is 19.3 Å². The molecule has 2 nitrogen and oxygen atoms in total.